The van der Waals surface area contributed by atoms with Crippen LogP contribution >= 0.6 is 11.3 Å². The van der Waals surface area contributed by atoms with Gasteiger partial charge in [0, 0.05) is 11.4 Å². The van der Waals surface area contributed by atoms with Crippen molar-refractivity contribution in [2.24, 2.45) is 5.92 Å². The highest BCUT2D eigenvalue weighted by molar-refractivity contribution is 7.16. The summed E-state index contributed by atoms with van der Waals surface area (Å²) in [6.45, 7) is 3.79. The Labute approximate surface area is 164 Å². The predicted octanol–water partition coefficient (Wildman–Crippen LogP) is 3.10. The van der Waals surface area contributed by atoms with E-state index in [2.05, 4.69) is 11.4 Å². The Hall–Kier alpha value is -1.91. The highest BCUT2D eigenvalue weighted by Crippen LogP contribution is 2.37. The molecule has 2 aliphatic rings. The molecule has 1 aliphatic heterocycles. The maximum atomic E-state index is 12.6. The van der Waals surface area contributed by atoms with E-state index in [1.807, 2.05) is 4.90 Å². The van der Waals surface area contributed by atoms with E-state index in [4.69, 9.17) is 4.74 Å². The Morgan fingerprint density at radius 3 is 2.89 bits per heavy atom. The highest BCUT2D eigenvalue weighted by Gasteiger charge is 2.28. The van der Waals surface area contributed by atoms with Crippen molar-refractivity contribution in [1.82, 2.24) is 4.90 Å². The van der Waals surface area contributed by atoms with E-state index < -0.39 is 0 Å². The molecule has 1 aromatic rings. The predicted molar refractivity (Wildman–Crippen MR) is 105 cm³/mol. The van der Waals surface area contributed by atoms with Gasteiger partial charge in [0.05, 0.1) is 24.6 Å². The molecule has 6 nitrogen and oxygen atoms in total. The number of amides is 1. The number of fused-ring (bicyclic) bond motifs is 1. The van der Waals surface area contributed by atoms with Crippen LogP contribution in [-0.2, 0) is 27.2 Å². The zero-order valence-corrected chi connectivity index (χ0v) is 16.7. The molecule has 1 amide bonds. The molecule has 1 fully saturated rings. The third-order valence-corrected chi connectivity index (χ3v) is 6.49. The second-order valence-corrected chi connectivity index (χ2v) is 8.36. The molecule has 1 N–H and O–H groups in total. The van der Waals surface area contributed by atoms with Crippen LogP contribution in [0, 0.1) is 17.2 Å². The van der Waals surface area contributed by atoms with Crippen LogP contribution in [0.3, 0.4) is 0 Å². The van der Waals surface area contributed by atoms with E-state index in [0.29, 0.717) is 23.7 Å². The van der Waals surface area contributed by atoms with Gasteiger partial charge >= 0.3 is 5.97 Å². The molecular weight excluding hydrogens is 362 g/mol. The number of carbonyl (C=O) groups is 2. The van der Waals surface area contributed by atoms with E-state index in [9.17, 15) is 14.9 Å². The molecule has 0 bridgehead atoms. The van der Waals surface area contributed by atoms with E-state index >= 15 is 0 Å². The Morgan fingerprint density at radius 2 is 2.11 bits per heavy atom. The van der Waals surface area contributed by atoms with Crippen molar-refractivity contribution in [1.29, 1.82) is 5.26 Å². The second kappa shape index (κ2) is 9.34. The SMILES string of the molecule is CCOC(=O)C1CCCN(CC(=O)Nc2sc3c(c2C#N)CCCCC3)C1. The van der Waals surface area contributed by atoms with Crippen LogP contribution in [-0.4, -0.2) is 43.0 Å². The lowest BCUT2D eigenvalue weighted by molar-refractivity contribution is -0.150. The summed E-state index contributed by atoms with van der Waals surface area (Å²) in [6, 6.07) is 2.30. The molecule has 0 saturated carbocycles. The summed E-state index contributed by atoms with van der Waals surface area (Å²) in [6.07, 6.45) is 7.07. The molecule has 3 rings (SSSR count). The van der Waals surface area contributed by atoms with Gasteiger partial charge in [-0.2, -0.15) is 5.26 Å². The summed E-state index contributed by atoms with van der Waals surface area (Å²) in [5.74, 6) is -0.442. The molecule has 27 heavy (non-hydrogen) atoms. The minimum Gasteiger partial charge on any atom is -0.466 e. The van der Waals surface area contributed by atoms with Crippen molar-refractivity contribution in [2.75, 3.05) is 31.6 Å². The topological polar surface area (TPSA) is 82.4 Å². The van der Waals surface area contributed by atoms with Gasteiger partial charge in [0.2, 0.25) is 5.91 Å². The van der Waals surface area contributed by atoms with Crippen molar-refractivity contribution < 1.29 is 14.3 Å². The molecule has 7 heteroatoms. The molecule has 146 valence electrons. The molecule has 1 atom stereocenters. The first kappa shape index (κ1) is 19.8. The Balaban J connectivity index is 1.61. The molecule has 1 saturated heterocycles. The normalized spacial score (nSPS) is 20.2. The van der Waals surface area contributed by atoms with Gasteiger partial charge in [-0.25, -0.2) is 0 Å². The average Bonchev–Trinajstić information content (AvgIpc) is 2.81. The quantitative estimate of drug-likeness (QED) is 0.618. The number of hydrogen-bond donors (Lipinski definition) is 1. The number of nitriles is 1. The largest absolute Gasteiger partial charge is 0.466 e. The minimum absolute atomic E-state index is 0.118. The lowest BCUT2D eigenvalue weighted by atomic mass is 9.98. The van der Waals surface area contributed by atoms with Gasteiger partial charge in [0.1, 0.15) is 11.1 Å². The molecule has 0 aromatic carbocycles. The number of carbonyl (C=O) groups excluding carboxylic acids is 2. The Kier molecular flexibility index (Phi) is 6.86. The van der Waals surface area contributed by atoms with Gasteiger partial charge in [0.15, 0.2) is 0 Å². The summed E-state index contributed by atoms with van der Waals surface area (Å²) in [5, 5.41) is 13.2. The number of hydrogen-bond acceptors (Lipinski definition) is 6. The van der Waals surface area contributed by atoms with Crippen molar-refractivity contribution >= 4 is 28.2 Å². The summed E-state index contributed by atoms with van der Waals surface area (Å²) >= 11 is 1.56. The number of esters is 1. The van der Waals surface area contributed by atoms with Gasteiger partial charge in [0.25, 0.3) is 0 Å². The average molecular weight is 390 g/mol. The molecule has 2 heterocycles. The first-order valence-corrected chi connectivity index (χ1v) is 10.7. The summed E-state index contributed by atoms with van der Waals surface area (Å²) in [5.41, 5.74) is 1.78. The zero-order valence-electron chi connectivity index (χ0n) is 15.9. The molecule has 1 aromatic heterocycles. The van der Waals surface area contributed by atoms with Crippen LogP contribution < -0.4 is 5.32 Å². The van der Waals surface area contributed by atoms with Crippen molar-refractivity contribution in [2.45, 2.75) is 51.9 Å². The fourth-order valence-electron chi connectivity index (χ4n) is 3.97. The first-order chi connectivity index (χ1) is 13.1. The molecule has 0 radical (unpaired) electrons. The van der Waals surface area contributed by atoms with Crippen LogP contribution in [0.5, 0.6) is 0 Å². The lowest BCUT2D eigenvalue weighted by Crippen LogP contribution is -2.43. The number of ether oxygens (including phenoxy) is 1. The Bertz CT molecular complexity index is 738. The van der Waals surface area contributed by atoms with Gasteiger partial charge in [-0.15, -0.1) is 11.3 Å². The van der Waals surface area contributed by atoms with Crippen LogP contribution in [0.1, 0.15) is 55.0 Å². The number of nitrogens with zero attached hydrogens (tertiary/aromatic N) is 2. The van der Waals surface area contributed by atoms with Gasteiger partial charge < -0.3 is 10.1 Å². The zero-order chi connectivity index (χ0) is 19.2. The van der Waals surface area contributed by atoms with Crippen LogP contribution in [0.15, 0.2) is 0 Å². The number of rotatable bonds is 5. The summed E-state index contributed by atoms with van der Waals surface area (Å²) in [4.78, 5) is 27.8. The van der Waals surface area contributed by atoms with Crippen molar-refractivity contribution in [3.05, 3.63) is 16.0 Å². The van der Waals surface area contributed by atoms with E-state index in [0.717, 1.165) is 50.6 Å². The fourth-order valence-corrected chi connectivity index (χ4v) is 5.23. The number of anilines is 1. The van der Waals surface area contributed by atoms with Crippen LogP contribution in [0.4, 0.5) is 5.00 Å². The second-order valence-electron chi connectivity index (χ2n) is 7.25. The fraction of sp³-hybridized carbons (Fsp3) is 0.650. The summed E-state index contributed by atoms with van der Waals surface area (Å²) < 4.78 is 5.12. The Morgan fingerprint density at radius 1 is 1.30 bits per heavy atom. The molecule has 1 unspecified atom stereocenters. The third-order valence-electron chi connectivity index (χ3n) is 5.28. The van der Waals surface area contributed by atoms with Crippen LogP contribution in [0.2, 0.25) is 0 Å². The highest BCUT2D eigenvalue weighted by atomic mass is 32.1. The molecule has 0 spiro atoms. The maximum absolute atomic E-state index is 12.6. The number of piperidine rings is 1. The summed E-state index contributed by atoms with van der Waals surface area (Å²) in [7, 11) is 0. The minimum atomic E-state index is -0.170. The lowest BCUT2D eigenvalue weighted by Gasteiger charge is -2.30. The van der Waals surface area contributed by atoms with Gasteiger partial charge in [-0.1, -0.05) is 6.42 Å². The van der Waals surface area contributed by atoms with Crippen molar-refractivity contribution in [3.8, 4) is 6.07 Å². The number of thiophene rings is 1. The van der Waals surface area contributed by atoms with Gasteiger partial charge in [-0.3, -0.25) is 14.5 Å². The number of aryl methyl sites for hydroxylation is 1. The number of likely N-dealkylation sites (tertiary alicyclic amines) is 1. The monoisotopic (exact) mass is 389 g/mol. The maximum Gasteiger partial charge on any atom is 0.310 e. The van der Waals surface area contributed by atoms with E-state index in [1.54, 1.807) is 18.3 Å². The van der Waals surface area contributed by atoms with E-state index in [-0.39, 0.29) is 24.3 Å². The molecular formula is C20H27N3O3S. The van der Waals surface area contributed by atoms with Gasteiger partial charge in [-0.05, 0) is 57.6 Å². The number of nitrogens with one attached hydrogen (secondary N) is 1. The van der Waals surface area contributed by atoms with Crippen LogP contribution in [0.25, 0.3) is 0 Å². The third kappa shape index (κ3) is 4.88. The molecule has 1 aliphatic carbocycles. The standard InChI is InChI=1S/C20H27N3O3S/c1-2-26-20(25)14-7-6-10-23(12-14)13-18(24)22-19-16(11-21)15-8-4-3-5-9-17(15)27-19/h14H,2-10,12-13H2,1H3,(H,22,24). The van der Waals surface area contributed by atoms with Crippen molar-refractivity contribution in [3.63, 3.8) is 0 Å². The first-order valence-electron chi connectivity index (χ1n) is 9.85. The smallest absolute Gasteiger partial charge is 0.310 e. The van der Waals surface area contributed by atoms with E-state index in [1.165, 1.54) is 11.3 Å².